The van der Waals surface area contributed by atoms with Crippen LogP contribution >= 0.6 is 0 Å². The van der Waals surface area contributed by atoms with Crippen molar-refractivity contribution in [2.45, 2.75) is 46.2 Å². The van der Waals surface area contributed by atoms with Gasteiger partial charge in [-0.2, -0.15) is 0 Å². The number of nitrogens with zero attached hydrogens (tertiary/aromatic N) is 1. The van der Waals surface area contributed by atoms with Crippen molar-refractivity contribution < 1.29 is 0 Å². The fraction of sp³-hybridized carbons (Fsp3) is 0.647. The highest BCUT2D eigenvalue weighted by Gasteiger charge is 2.34. The lowest BCUT2D eigenvalue weighted by Gasteiger charge is -2.29. The monoisotopic (exact) mass is 260 g/mol. The molecule has 1 heterocycles. The zero-order chi connectivity index (χ0) is 14.0. The van der Waals surface area contributed by atoms with Crippen molar-refractivity contribution in [1.82, 2.24) is 10.2 Å². The molecule has 0 saturated carbocycles. The summed E-state index contributed by atoms with van der Waals surface area (Å²) in [6.07, 6.45) is 1.30. The fourth-order valence-corrected chi connectivity index (χ4v) is 3.38. The lowest BCUT2D eigenvalue weighted by Crippen LogP contribution is -2.32. The average molecular weight is 260 g/mol. The van der Waals surface area contributed by atoms with Gasteiger partial charge in [-0.05, 0) is 56.5 Å². The second-order valence-electron chi connectivity index (χ2n) is 6.34. The van der Waals surface area contributed by atoms with Gasteiger partial charge in [0.2, 0.25) is 0 Å². The van der Waals surface area contributed by atoms with Gasteiger partial charge in [-0.3, -0.25) is 4.90 Å². The molecule has 2 atom stereocenters. The van der Waals surface area contributed by atoms with Gasteiger partial charge in [-0.15, -0.1) is 0 Å². The van der Waals surface area contributed by atoms with Gasteiger partial charge in [0.1, 0.15) is 0 Å². The van der Waals surface area contributed by atoms with E-state index in [1.54, 1.807) is 5.56 Å². The van der Waals surface area contributed by atoms with E-state index in [0.717, 1.165) is 12.5 Å². The number of aryl methyl sites for hydroxylation is 2. The Morgan fingerprint density at radius 1 is 1.26 bits per heavy atom. The highest BCUT2D eigenvalue weighted by atomic mass is 15.2. The van der Waals surface area contributed by atoms with Gasteiger partial charge in [0, 0.05) is 18.6 Å². The smallest absolute Gasteiger partial charge is 0.0391 e. The van der Waals surface area contributed by atoms with E-state index in [-0.39, 0.29) is 0 Å². The zero-order valence-corrected chi connectivity index (χ0v) is 13.0. The lowest BCUT2D eigenvalue weighted by molar-refractivity contribution is 0.267. The third-order valence-corrected chi connectivity index (χ3v) is 4.40. The number of rotatable bonds is 4. The minimum atomic E-state index is 0.574. The van der Waals surface area contributed by atoms with Crippen molar-refractivity contribution in [3.8, 4) is 0 Å². The molecule has 0 amide bonds. The molecule has 106 valence electrons. The molecule has 2 heteroatoms. The van der Waals surface area contributed by atoms with Gasteiger partial charge in [-0.1, -0.05) is 32.0 Å². The molecular formula is C17H28N2. The number of nitrogens with one attached hydrogen (secondary N) is 1. The van der Waals surface area contributed by atoms with Crippen molar-refractivity contribution in [1.29, 1.82) is 0 Å². The van der Waals surface area contributed by atoms with E-state index in [2.05, 4.69) is 63.2 Å². The summed E-state index contributed by atoms with van der Waals surface area (Å²) >= 11 is 0. The van der Waals surface area contributed by atoms with Crippen LogP contribution in [-0.2, 0) is 0 Å². The van der Waals surface area contributed by atoms with Crippen molar-refractivity contribution in [3.63, 3.8) is 0 Å². The van der Waals surface area contributed by atoms with Crippen LogP contribution in [0.5, 0.6) is 0 Å². The topological polar surface area (TPSA) is 15.3 Å². The lowest BCUT2D eigenvalue weighted by atomic mass is 9.88. The van der Waals surface area contributed by atoms with Crippen LogP contribution < -0.4 is 5.32 Å². The first-order chi connectivity index (χ1) is 9.00. The molecule has 1 fully saturated rings. The summed E-state index contributed by atoms with van der Waals surface area (Å²) in [6, 6.07) is 7.82. The summed E-state index contributed by atoms with van der Waals surface area (Å²) in [4.78, 5) is 2.53. The third kappa shape index (κ3) is 3.18. The highest BCUT2D eigenvalue weighted by Crippen LogP contribution is 2.38. The van der Waals surface area contributed by atoms with E-state index in [4.69, 9.17) is 0 Å². The molecule has 0 aliphatic carbocycles. The van der Waals surface area contributed by atoms with Crippen molar-refractivity contribution in [3.05, 3.63) is 34.9 Å². The van der Waals surface area contributed by atoms with Crippen LogP contribution in [0.2, 0.25) is 0 Å². The van der Waals surface area contributed by atoms with E-state index in [1.807, 2.05) is 0 Å². The Morgan fingerprint density at radius 2 is 1.89 bits per heavy atom. The van der Waals surface area contributed by atoms with Gasteiger partial charge >= 0.3 is 0 Å². The quantitative estimate of drug-likeness (QED) is 0.893. The van der Waals surface area contributed by atoms with Crippen LogP contribution in [0.1, 0.15) is 43.0 Å². The summed E-state index contributed by atoms with van der Waals surface area (Å²) < 4.78 is 0. The minimum Gasteiger partial charge on any atom is -0.314 e. The second-order valence-corrected chi connectivity index (χ2v) is 6.34. The molecule has 0 spiro atoms. The predicted octanol–water partition coefficient (Wildman–Crippen LogP) is 3.29. The molecule has 1 saturated heterocycles. The normalized spacial score (nSPS) is 24.3. The molecule has 1 aromatic carbocycles. The zero-order valence-electron chi connectivity index (χ0n) is 13.0. The molecule has 2 nitrogen and oxygen atoms in total. The van der Waals surface area contributed by atoms with Gasteiger partial charge in [0.15, 0.2) is 0 Å². The number of benzene rings is 1. The summed E-state index contributed by atoms with van der Waals surface area (Å²) in [7, 11) is 2.27. The standard InChI is InChI=1S/C17H28N2/c1-12(2)18-11-15-9-10-19(5)17(15)16-13(3)7-6-8-14(16)4/h6-8,12,15,17-18H,9-11H2,1-5H3. The Balaban J connectivity index is 2.24. The van der Waals surface area contributed by atoms with Crippen LogP contribution in [0, 0.1) is 19.8 Å². The highest BCUT2D eigenvalue weighted by molar-refractivity contribution is 5.37. The first-order valence-corrected chi connectivity index (χ1v) is 7.50. The van der Waals surface area contributed by atoms with E-state index in [1.165, 1.54) is 24.1 Å². The molecular weight excluding hydrogens is 232 g/mol. The van der Waals surface area contributed by atoms with E-state index in [9.17, 15) is 0 Å². The van der Waals surface area contributed by atoms with Crippen LogP contribution in [0.15, 0.2) is 18.2 Å². The van der Waals surface area contributed by atoms with Crippen LogP contribution in [-0.4, -0.2) is 31.1 Å². The Labute approximate surface area is 118 Å². The molecule has 0 aromatic heterocycles. The molecule has 1 N–H and O–H groups in total. The SMILES string of the molecule is Cc1cccc(C)c1C1C(CNC(C)C)CCN1C. The molecule has 2 rings (SSSR count). The summed E-state index contributed by atoms with van der Waals surface area (Å²) in [5, 5.41) is 3.62. The van der Waals surface area contributed by atoms with Gasteiger partial charge in [0.05, 0.1) is 0 Å². The molecule has 1 aliphatic heterocycles. The Hall–Kier alpha value is -0.860. The Kier molecular flexibility index (Phi) is 4.64. The van der Waals surface area contributed by atoms with E-state index >= 15 is 0 Å². The molecule has 19 heavy (non-hydrogen) atoms. The second kappa shape index (κ2) is 6.06. The molecule has 1 aromatic rings. The molecule has 0 radical (unpaired) electrons. The first kappa shape index (κ1) is 14.5. The van der Waals surface area contributed by atoms with Gasteiger partial charge in [0.25, 0.3) is 0 Å². The maximum Gasteiger partial charge on any atom is 0.0391 e. The maximum atomic E-state index is 3.62. The third-order valence-electron chi connectivity index (χ3n) is 4.40. The maximum absolute atomic E-state index is 3.62. The van der Waals surface area contributed by atoms with Crippen LogP contribution in [0.3, 0.4) is 0 Å². The first-order valence-electron chi connectivity index (χ1n) is 7.50. The molecule has 0 bridgehead atoms. The minimum absolute atomic E-state index is 0.574. The van der Waals surface area contributed by atoms with Crippen LogP contribution in [0.25, 0.3) is 0 Å². The van der Waals surface area contributed by atoms with Crippen LogP contribution in [0.4, 0.5) is 0 Å². The van der Waals surface area contributed by atoms with Gasteiger partial charge < -0.3 is 5.32 Å². The number of hydrogen-bond donors (Lipinski definition) is 1. The van der Waals surface area contributed by atoms with Crippen molar-refractivity contribution in [2.24, 2.45) is 5.92 Å². The summed E-state index contributed by atoms with van der Waals surface area (Å²) in [6.45, 7) is 11.3. The molecule has 1 aliphatic rings. The van der Waals surface area contributed by atoms with Gasteiger partial charge in [-0.25, -0.2) is 0 Å². The fourth-order valence-electron chi connectivity index (χ4n) is 3.38. The molecule has 2 unspecified atom stereocenters. The Bertz CT molecular complexity index is 405. The summed E-state index contributed by atoms with van der Waals surface area (Å²) in [5.41, 5.74) is 4.43. The van der Waals surface area contributed by atoms with Crippen molar-refractivity contribution in [2.75, 3.05) is 20.1 Å². The number of likely N-dealkylation sites (tertiary alicyclic amines) is 1. The Morgan fingerprint density at radius 3 is 2.47 bits per heavy atom. The summed E-state index contributed by atoms with van der Waals surface area (Å²) in [5.74, 6) is 0.729. The number of hydrogen-bond acceptors (Lipinski definition) is 2. The van der Waals surface area contributed by atoms with E-state index in [0.29, 0.717) is 12.1 Å². The van der Waals surface area contributed by atoms with Crippen molar-refractivity contribution >= 4 is 0 Å². The predicted molar refractivity (Wildman–Crippen MR) is 82.5 cm³/mol. The average Bonchev–Trinajstić information content (AvgIpc) is 2.69. The largest absolute Gasteiger partial charge is 0.314 e. The van der Waals surface area contributed by atoms with E-state index < -0.39 is 0 Å².